The zero-order valence-corrected chi connectivity index (χ0v) is 12.4. The average Bonchev–Trinajstić information content (AvgIpc) is 2.36. The van der Waals surface area contributed by atoms with E-state index in [4.69, 9.17) is 9.84 Å². The quantitative estimate of drug-likeness (QED) is 0.872. The van der Waals surface area contributed by atoms with Crippen LogP contribution in [0.5, 0.6) is 5.75 Å². The van der Waals surface area contributed by atoms with Crippen molar-refractivity contribution in [1.82, 2.24) is 5.32 Å². The summed E-state index contributed by atoms with van der Waals surface area (Å²) in [5.41, 5.74) is -0.251. The van der Waals surface area contributed by atoms with Gasteiger partial charge in [-0.1, -0.05) is 20.8 Å². The lowest BCUT2D eigenvalue weighted by molar-refractivity contribution is 0.0881. The molecule has 0 fully saturated rings. The van der Waals surface area contributed by atoms with Crippen molar-refractivity contribution in [2.24, 2.45) is 5.41 Å². The monoisotopic (exact) mass is 283 g/mol. The van der Waals surface area contributed by atoms with Gasteiger partial charge in [0.05, 0.1) is 12.7 Å². The third kappa shape index (κ3) is 4.20. The number of benzene rings is 1. The van der Waals surface area contributed by atoms with Crippen molar-refractivity contribution < 1.29 is 19.0 Å². The molecule has 112 valence electrons. The highest BCUT2D eigenvalue weighted by molar-refractivity contribution is 5.94. The molecule has 1 unspecified atom stereocenters. The molecular weight excluding hydrogens is 261 g/mol. The third-order valence-electron chi connectivity index (χ3n) is 3.19. The van der Waals surface area contributed by atoms with E-state index in [1.54, 1.807) is 0 Å². The van der Waals surface area contributed by atoms with Crippen LogP contribution in [0.1, 0.15) is 37.6 Å². The van der Waals surface area contributed by atoms with Gasteiger partial charge in [0.25, 0.3) is 5.91 Å². The largest absolute Gasteiger partial charge is 0.497 e. The average molecular weight is 283 g/mol. The Morgan fingerprint density at radius 3 is 2.55 bits per heavy atom. The predicted octanol–water partition coefficient (Wildman–Crippen LogP) is 2.36. The SMILES string of the molecule is COc1ccc(C(=O)NC(CCO)C(C)(C)C)c(F)c1. The summed E-state index contributed by atoms with van der Waals surface area (Å²) in [4.78, 5) is 12.1. The van der Waals surface area contributed by atoms with E-state index in [9.17, 15) is 9.18 Å². The zero-order chi connectivity index (χ0) is 15.3. The van der Waals surface area contributed by atoms with Gasteiger partial charge in [0.1, 0.15) is 11.6 Å². The predicted molar refractivity (Wildman–Crippen MR) is 75.4 cm³/mol. The summed E-state index contributed by atoms with van der Waals surface area (Å²) in [6.07, 6.45) is 0.424. The molecule has 0 aliphatic rings. The minimum Gasteiger partial charge on any atom is -0.497 e. The molecule has 1 atom stereocenters. The van der Waals surface area contributed by atoms with E-state index in [2.05, 4.69) is 5.32 Å². The van der Waals surface area contributed by atoms with Crippen LogP contribution in [0, 0.1) is 11.2 Å². The lowest BCUT2D eigenvalue weighted by atomic mass is 9.84. The first-order valence-corrected chi connectivity index (χ1v) is 6.55. The number of amides is 1. The molecule has 2 N–H and O–H groups in total. The Morgan fingerprint density at radius 2 is 2.10 bits per heavy atom. The minimum atomic E-state index is -0.626. The van der Waals surface area contributed by atoms with Crippen LogP contribution < -0.4 is 10.1 Å². The number of carbonyl (C=O) groups excluding carboxylic acids is 1. The molecule has 0 heterocycles. The van der Waals surface area contributed by atoms with Gasteiger partial charge in [-0.05, 0) is 24.0 Å². The van der Waals surface area contributed by atoms with Crippen molar-refractivity contribution >= 4 is 5.91 Å². The van der Waals surface area contributed by atoms with Crippen LogP contribution in [0.3, 0.4) is 0 Å². The maximum atomic E-state index is 13.8. The van der Waals surface area contributed by atoms with Gasteiger partial charge in [0.2, 0.25) is 0 Å². The second-order valence-electron chi connectivity index (χ2n) is 5.75. The van der Waals surface area contributed by atoms with Crippen molar-refractivity contribution in [3.63, 3.8) is 0 Å². The first-order chi connectivity index (χ1) is 9.29. The molecule has 0 aliphatic carbocycles. The molecule has 1 aromatic carbocycles. The van der Waals surface area contributed by atoms with Crippen LogP contribution >= 0.6 is 0 Å². The highest BCUT2D eigenvalue weighted by atomic mass is 19.1. The fourth-order valence-electron chi connectivity index (χ4n) is 1.89. The first-order valence-electron chi connectivity index (χ1n) is 6.55. The molecule has 0 aromatic heterocycles. The highest BCUT2D eigenvalue weighted by Crippen LogP contribution is 2.23. The normalized spacial score (nSPS) is 12.9. The zero-order valence-electron chi connectivity index (χ0n) is 12.4. The summed E-state index contributed by atoms with van der Waals surface area (Å²) in [6, 6.07) is 3.87. The molecule has 4 nitrogen and oxygen atoms in total. The lowest BCUT2D eigenvalue weighted by Gasteiger charge is -2.31. The molecule has 0 saturated heterocycles. The number of hydrogen-bond donors (Lipinski definition) is 2. The maximum absolute atomic E-state index is 13.8. The van der Waals surface area contributed by atoms with Crippen molar-refractivity contribution in [3.8, 4) is 5.75 Å². The highest BCUT2D eigenvalue weighted by Gasteiger charge is 2.26. The van der Waals surface area contributed by atoms with Crippen LogP contribution in [-0.4, -0.2) is 30.8 Å². The Kier molecular flexibility index (Phi) is 5.51. The number of hydrogen-bond acceptors (Lipinski definition) is 3. The van der Waals surface area contributed by atoms with E-state index >= 15 is 0 Å². The van der Waals surface area contributed by atoms with E-state index in [-0.39, 0.29) is 23.6 Å². The summed E-state index contributed by atoms with van der Waals surface area (Å²) in [7, 11) is 1.44. The molecular formula is C15H22FNO3. The van der Waals surface area contributed by atoms with Gasteiger partial charge < -0.3 is 15.2 Å². The van der Waals surface area contributed by atoms with Crippen LogP contribution in [0.2, 0.25) is 0 Å². The second kappa shape index (κ2) is 6.70. The van der Waals surface area contributed by atoms with Gasteiger partial charge in [-0.15, -0.1) is 0 Å². The Hall–Kier alpha value is -1.62. The number of rotatable bonds is 5. The van der Waals surface area contributed by atoms with E-state index in [1.807, 2.05) is 20.8 Å². The number of methoxy groups -OCH3 is 1. The van der Waals surface area contributed by atoms with Gasteiger partial charge in [-0.2, -0.15) is 0 Å². The van der Waals surface area contributed by atoms with Crippen LogP contribution in [0.15, 0.2) is 18.2 Å². The Morgan fingerprint density at radius 1 is 1.45 bits per heavy atom. The molecule has 0 radical (unpaired) electrons. The molecule has 20 heavy (non-hydrogen) atoms. The summed E-state index contributed by atoms with van der Waals surface area (Å²) in [6.45, 7) is 5.83. The van der Waals surface area contributed by atoms with E-state index in [0.717, 1.165) is 0 Å². The van der Waals surface area contributed by atoms with Gasteiger partial charge in [-0.3, -0.25) is 4.79 Å². The molecule has 0 bridgehead atoms. The summed E-state index contributed by atoms with van der Waals surface area (Å²) in [5.74, 6) is -0.751. The van der Waals surface area contributed by atoms with Crippen molar-refractivity contribution in [1.29, 1.82) is 0 Å². The van der Waals surface area contributed by atoms with Crippen molar-refractivity contribution in [2.75, 3.05) is 13.7 Å². The van der Waals surface area contributed by atoms with Crippen molar-refractivity contribution in [2.45, 2.75) is 33.2 Å². The fraction of sp³-hybridized carbons (Fsp3) is 0.533. The molecule has 0 spiro atoms. The van der Waals surface area contributed by atoms with E-state index in [1.165, 1.54) is 25.3 Å². The molecule has 1 aromatic rings. The van der Waals surface area contributed by atoms with E-state index < -0.39 is 11.7 Å². The Balaban J connectivity index is 2.89. The Labute approximate surface area is 119 Å². The van der Waals surface area contributed by atoms with Crippen LogP contribution in [0.25, 0.3) is 0 Å². The summed E-state index contributed by atoms with van der Waals surface area (Å²) >= 11 is 0. The Bertz CT molecular complexity index is 469. The smallest absolute Gasteiger partial charge is 0.254 e. The van der Waals surface area contributed by atoms with Crippen LogP contribution in [0.4, 0.5) is 4.39 Å². The first kappa shape index (κ1) is 16.4. The molecule has 5 heteroatoms. The molecule has 1 amide bonds. The molecule has 1 rings (SSSR count). The molecule has 0 aliphatic heterocycles. The number of halogens is 1. The standard InChI is InChI=1S/C15H22FNO3/c1-15(2,3)13(7-8-18)17-14(19)11-6-5-10(20-4)9-12(11)16/h5-6,9,13,18H,7-8H2,1-4H3,(H,17,19). The topological polar surface area (TPSA) is 58.6 Å². The fourth-order valence-corrected chi connectivity index (χ4v) is 1.89. The maximum Gasteiger partial charge on any atom is 0.254 e. The van der Waals surface area contributed by atoms with Crippen molar-refractivity contribution in [3.05, 3.63) is 29.6 Å². The number of aliphatic hydroxyl groups is 1. The van der Waals surface area contributed by atoms with Gasteiger partial charge in [0.15, 0.2) is 0 Å². The third-order valence-corrected chi connectivity index (χ3v) is 3.19. The van der Waals surface area contributed by atoms with Gasteiger partial charge >= 0.3 is 0 Å². The van der Waals surface area contributed by atoms with Gasteiger partial charge in [-0.25, -0.2) is 4.39 Å². The van der Waals surface area contributed by atoms with Gasteiger partial charge in [0, 0.05) is 18.7 Å². The second-order valence-corrected chi connectivity index (χ2v) is 5.75. The van der Waals surface area contributed by atoms with Crippen LogP contribution in [-0.2, 0) is 0 Å². The number of ether oxygens (including phenoxy) is 1. The molecule has 0 saturated carbocycles. The minimum absolute atomic E-state index is 0.0296. The summed E-state index contributed by atoms with van der Waals surface area (Å²) in [5, 5.41) is 11.8. The number of carbonyl (C=O) groups is 1. The lowest BCUT2D eigenvalue weighted by Crippen LogP contribution is -2.44. The summed E-state index contributed by atoms with van der Waals surface area (Å²) < 4.78 is 18.7. The number of nitrogens with one attached hydrogen (secondary N) is 1. The van der Waals surface area contributed by atoms with E-state index in [0.29, 0.717) is 12.2 Å². The number of aliphatic hydroxyl groups excluding tert-OH is 1.